The van der Waals surface area contributed by atoms with Crippen LogP contribution in [0.15, 0.2) is 40.9 Å². The van der Waals surface area contributed by atoms with Crippen molar-refractivity contribution in [3.05, 3.63) is 51.8 Å². The minimum atomic E-state index is -0.499. The largest absolute Gasteiger partial charge is 0.457 e. The Balaban J connectivity index is 1.60. The van der Waals surface area contributed by atoms with Crippen molar-refractivity contribution in [1.29, 1.82) is 0 Å². The quantitative estimate of drug-likeness (QED) is 0.534. The van der Waals surface area contributed by atoms with Crippen molar-refractivity contribution in [2.24, 2.45) is 0 Å². The summed E-state index contributed by atoms with van der Waals surface area (Å²) in [6.45, 7) is 1.66. The Labute approximate surface area is 130 Å². The molecule has 2 heterocycles. The molecule has 0 saturated carbocycles. The van der Waals surface area contributed by atoms with Gasteiger partial charge in [0.15, 0.2) is 12.2 Å². The molecule has 1 aromatic carbocycles. The van der Waals surface area contributed by atoms with Gasteiger partial charge in [0.25, 0.3) is 0 Å². The number of carbonyl (C=O) groups excluding carboxylic acids is 2. The summed E-state index contributed by atoms with van der Waals surface area (Å²) in [4.78, 5) is 25.4. The van der Waals surface area contributed by atoms with Crippen molar-refractivity contribution < 1.29 is 18.8 Å². The zero-order chi connectivity index (χ0) is 15.5. The summed E-state index contributed by atoms with van der Waals surface area (Å²) in [5.41, 5.74) is 1.13. The number of aryl methyl sites for hydroxylation is 1. The maximum atomic E-state index is 11.9. The van der Waals surface area contributed by atoms with Crippen molar-refractivity contribution in [2.75, 3.05) is 6.61 Å². The number of thiophene rings is 1. The van der Waals surface area contributed by atoms with Crippen LogP contribution in [0.3, 0.4) is 0 Å². The van der Waals surface area contributed by atoms with Crippen molar-refractivity contribution in [2.45, 2.75) is 13.3 Å². The Kier molecular flexibility index (Phi) is 4.02. The molecule has 0 aliphatic heterocycles. The molecular weight excluding hydrogens is 302 g/mol. The zero-order valence-corrected chi connectivity index (χ0v) is 12.7. The van der Waals surface area contributed by atoms with E-state index in [4.69, 9.17) is 9.26 Å². The van der Waals surface area contributed by atoms with E-state index < -0.39 is 5.97 Å². The second-order valence-electron chi connectivity index (χ2n) is 4.80. The lowest BCUT2D eigenvalue weighted by Crippen LogP contribution is -2.15. The molecule has 0 atom stereocenters. The molecule has 3 aromatic rings. The number of nitrogens with zero attached hydrogens (tertiary/aromatic N) is 1. The normalized spacial score (nSPS) is 10.8. The Morgan fingerprint density at radius 2 is 2.05 bits per heavy atom. The van der Waals surface area contributed by atoms with Crippen LogP contribution in [0.1, 0.15) is 20.2 Å². The first-order chi connectivity index (χ1) is 10.6. The van der Waals surface area contributed by atoms with Crippen molar-refractivity contribution in [1.82, 2.24) is 5.16 Å². The maximum absolute atomic E-state index is 11.9. The Hall–Kier alpha value is -2.47. The number of rotatable bonds is 5. The fourth-order valence-electron chi connectivity index (χ4n) is 2.05. The van der Waals surface area contributed by atoms with Crippen LogP contribution < -0.4 is 0 Å². The molecule has 0 fully saturated rings. The molecular formula is C16H13NO4S. The van der Waals surface area contributed by atoms with Gasteiger partial charge < -0.3 is 9.26 Å². The molecule has 3 rings (SSSR count). The number of para-hydroxylation sites is 1. The number of fused-ring (bicyclic) bond motifs is 1. The Morgan fingerprint density at radius 3 is 2.82 bits per heavy atom. The standard InChI is InChI=1S/C16H13NO4S/c1-10-6-7-15(22-10)13(18)9-20-16(19)8-12-11-4-2-3-5-14(11)21-17-12/h2-7H,8-9H2,1H3. The van der Waals surface area contributed by atoms with Crippen molar-refractivity contribution in [3.8, 4) is 0 Å². The monoisotopic (exact) mass is 315 g/mol. The lowest BCUT2D eigenvalue weighted by molar-refractivity contribution is -0.141. The Bertz CT molecular complexity index is 833. The molecule has 22 heavy (non-hydrogen) atoms. The van der Waals surface area contributed by atoms with Gasteiger partial charge in [0.2, 0.25) is 5.78 Å². The van der Waals surface area contributed by atoms with Crippen molar-refractivity contribution >= 4 is 34.1 Å². The first-order valence-corrected chi connectivity index (χ1v) is 7.53. The summed E-state index contributed by atoms with van der Waals surface area (Å²) in [5, 5.41) is 4.64. The smallest absolute Gasteiger partial charge is 0.312 e. The second kappa shape index (κ2) is 6.11. The van der Waals surface area contributed by atoms with Crippen LogP contribution >= 0.6 is 11.3 Å². The molecule has 6 heteroatoms. The van der Waals surface area contributed by atoms with Gasteiger partial charge >= 0.3 is 5.97 Å². The number of esters is 1. The lowest BCUT2D eigenvalue weighted by Gasteiger charge is -2.01. The van der Waals surface area contributed by atoms with Crippen LogP contribution in [0.5, 0.6) is 0 Å². The SMILES string of the molecule is Cc1ccc(C(=O)COC(=O)Cc2noc3ccccc23)s1. The number of benzene rings is 1. The minimum absolute atomic E-state index is 0.0201. The molecule has 0 aliphatic carbocycles. The van der Waals surface area contributed by atoms with Gasteiger partial charge in [-0.15, -0.1) is 11.3 Å². The van der Waals surface area contributed by atoms with Gasteiger partial charge in [-0.05, 0) is 31.2 Å². The summed E-state index contributed by atoms with van der Waals surface area (Å²) in [6, 6.07) is 10.9. The third-order valence-corrected chi connectivity index (χ3v) is 4.19. The van der Waals surface area contributed by atoms with E-state index in [0.717, 1.165) is 10.3 Å². The second-order valence-corrected chi connectivity index (χ2v) is 6.08. The summed E-state index contributed by atoms with van der Waals surface area (Å²) in [6.07, 6.45) is -0.0201. The average molecular weight is 315 g/mol. The number of carbonyl (C=O) groups is 2. The average Bonchev–Trinajstić information content (AvgIpc) is 3.12. The number of hydrogen-bond donors (Lipinski definition) is 0. The molecule has 0 radical (unpaired) electrons. The summed E-state index contributed by atoms with van der Waals surface area (Å²) < 4.78 is 10.2. The van der Waals surface area contributed by atoms with Gasteiger partial charge in [0, 0.05) is 10.3 Å². The molecule has 0 N–H and O–H groups in total. The van der Waals surface area contributed by atoms with E-state index in [0.29, 0.717) is 16.2 Å². The molecule has 0 spiro atoms. The van der Waals surface area contributed by atoms with Crippen LogP contribution in [0.2, 0.25) is 0 Å². The number of aromatic nitrogens is 1. The molecule has 5 nitrogen and oxygen atoms in total. The first kappa shape index (κ1) is 14.5. The van der Waals surface area contributed by atoms with Crippen LogP contribution in [0.25, 0.3) is 11.0 Å². The minimum Gasteiger partial charge on any atom is -0.457 e. The first-order valence-electron chi connectivity index (χ1n) is 6.72. The highest BCUT2D eigenvalue weighted by Crippen LogP contribution is 2.19. The molecule has 2 aromatic heterocycles. The number of Topliss-reactive ketones (excluding diaryl/α,β-unsaturated/α-hetero) is 1. The highest BCUT2D eigenvalue weighted by atomic mass is 32.1. The van der Waals surface area contributed by atoms with E-state index in [1.54, 1.807) is 12.1 Å². The highest BCUT2D eigenvalue weighted by molar-refractivity contribution is 7.14. The Morgan fingerprint density at radius 1 is 1.23 bits per heavy atom. The van der Waals surface area contributed by atoms with E-state index >= 15 is 0 Å². The molecule has 0 bridgehead atoms. The summed E-state index contributed by atoms with van der Waals surface area (Å²) in [7, 11) is 0. The lowest BCUT2D eigenvalue weighted by atomic mass is 10.2. The summed E-state index contributed by atoms with van der Waals surface area (Å²) >= 11 is 1.39. The predicted octanol–water partition coefficient (Wildman–Crippen LogP) is 3.17. The molecule has 0 unspecified atom stereocenters. The van der Waals surface area contributed by atoms with E-state index in [-0.39, 0.29) is 18.8 Å². The maximum Gasteiger partial charge on any atom is 0.312 e. The van der Waals surface area contributed by atoms with E-state index in [2.05, 4.69) is 5.16 Å². The van der Waals surface area contributed by atoms with Gasteiger partial charge in [-0.1, -0.05) is 17.3 Å². The van der Waals surface area contributed by atoms with Gasteiger partial charge in [0.05, 0.1) is 11.3 Å². The fourth-order valence-corrected chi connectivity index (χ4v) is 2.85. The third-order valence-electron chi connectivity index (χ3n) is 3.14. The molecule has 112 valence electrons. The van der Waals surface area contributed by atoms with Gasteiger partial charge in [0.1, 0.15) is 5.69 Å². The third kappa shape index (κ3) is 3.07. The molecule has 0 saturated heterocycles. The van der Waals surface area contributed by atoms with Gasteiger partial charge in [-0.3, -0.25) is 9.59 Å². The highest BCUT2D eigenvalue weighted by Gasteiger charge is 2.15. The zero-order valence-electron chi connectivity index (χ0n) is 11.9. The predicted molar refractivity (Wildman–Crippen MR) is 82.1 cm³/mol. The van der Waals surface area contributed by atoms with Crippen LogP contribution in [0.4, 0.5) is 0 Å². The van der Waals surface area contributed by atoms with E-state index in [9.17, 15) is 9.59 Å². The van der Waals surface area contributed by atoms with Crippen LogP contribution in [0, 0.1) is 6.92 Å². The number of ketones is 1. The number of hydrogen-bond acceptors (Lipinski definition) is 6. The van der Waals surface area contributed by atoms with Crippen molar-refractivity contribution in [3.63, 3.8) is 0 Å². The topological polar surface area (TPSA) is 69.4 Å². The van der Waals surface area contributed by atoms with Crippen LogP contribution in [-0.2, 0) is 16.0 Å². The van der Waals surface area contributed by atoms with E-state index in [1.165, 1.54) is 11.3 Å². The fraction of sp³-hybridized carbons (Fsp3) is 0.188. The van der Waals surface area contributed by atoms with E-state index in [1.807, 2.05) is 31.2 Å². The van der Waals surface area contributed by atoms with Gasteiger partial charge in [-0.2, -0.15) is 0 Å². The summed E-state index contributed by atoms with van der Waals surface area (Å²) in [5.74, 6) is -0.697. The van der Waals surface area contributed by atoms with Crippen LogP contribution in [-0.4, -0.2) is 23.5 Å². The molecule has 0 aliphatic rings. The molecule has 0 amide bonds. The number of ether oxygens (including phenoxy) is 1. The van der Waals surface area contributed by atoms with Gasteiger partial charge in [-0.25, -0.2) is 0 Å².